The summed E-state index contributed by atoms with van der Waals surface area (Å²) in [7, 11) is -2.38. The van der Waals surface area contributed by atoms with E-state index in [9.17, 15) is 0 Å². The Labute approximate surface area is 174 Å². The van der Waals surface area contributed by atoms with Crippen molar-refractivity contribution in [2.45, 2.75) is 26.2 Å². The molecule has 1 aliphatic heterocycles. The van der Waals surface area contributed by atoms with Crippen LogP contribution in [0.4, 0.5) is 0 Å². The molecule has 0 aliphatic carbocycles. The second-order valence-corrected chi connectivity index (χ2v) is 12.7. The van der Waals surface area contributed by atoms with Crippen molar-refractivity contribution in [2.24, 2.45) is 0 Å². The molecule has 0 bridgehead atoms. The highest BCUT2D eigenvalue weighted by Gasteiger charge is 2.50. The Morgan fingerprint density at radius 1 is 0.517 bits per heavy atom. The van der Waals surface area contributed by atoms with Crippen molar-refractivity contribution < 1.29 is 0 Å². The summed E-state index contributed by atoms with van der Waals surface area (Å²) in [6.45, 7) is 7.04. The van der Waals surface area contributed by atoms with Crippen molar-refractivity contribution >= 4 is 28.8 Å². The minimum absolute atomic E-state index is 0.0786. The molecule has 4 aromatic carbocycles. The van der Waals surface area contributed by atoms with Crippen molar-refractivity contribution in [3.63, 3.8) is 0 Å². The lowest BCUT2D eigenvalue weighted by molar-refractivity contribution is 0.594. The highest BCUT2D eigenvalue weighted by Crippen LogP contribution is 2.33. The average molecular weight is 391 g/mol. The molecule has 0 N–H and O–H groups in total. The molecule has 4 aromatic rings. The van der Waals surface area contributed by atoms with Gasteiger partial charge in [-0.15, -0.1) is 0 Å². The van der Waals surface area contributed by atoms with Crippen LogP contribution in [0.3, 0.4) is 0 Å². The summed E-state index contributed by atoms with van der Waals surface area (Å²) >= 11 is 0. The van der Waals surface area contributed by atoms with E-state index in [0.717, 1.165) is 0 Å². The summed E-state index contributed by atoms with van der Waals surface area (Å²) in [6.07, 6.45) is 0. The number of hydrogen-bond donors (Lipinski definition) is 0. The zero-order chi connectivity index (χ0) is 20.1. The first-order valence-corrected chi connectivity index (χ1v) is 12.4. The molecular formula is C28H26Si. The van der Waals surface area contributed by atoms with Crippen molar-refractivity contribution in [3.05, 3.63) is 109 Å². The Bertz CT molecular complexity index is 1130. The van der Waals surface area contributed by atoms with Crippen LogP contribution in [-0.2, 0) is 5.41 Å². The summed E-state index contributed by atoms with van der Waals surface area (Å²) in [4.78, 5) is 0. The molecule has 1 aliphatic rings. The average Bonchev–Trinajstić information content (AvgIpc) is 3.06. The number of fused-ring (bicyclic) bond motifs is 3. The summed E-state index contributed by atoms with van der Waals surface area (Å²) in [5.41, 5.74) is 4.39. The molecular weight excluding hydrogens is 364 g/mol. The molecule has 5 rings (SSSR count). The fourth-order valence-corrected chi connectivity index (χ4v) is 10.8. The minimum atomic E-state index is -2.38. The zero-order valence-corrected chi connectivity index (χ0v) is 18.3. The molecule has 0 spiro atoms. The molecule has 0 fully saturated rings. The van der Waals surface area contributed by atoms with Crippen LogP contribution in [0.25, 0.3) is 11.1 Å². The van der Waals surface area contributed by atoms with E-state index < -0.39 is 8.07 Å². The van der Waals surface area contributed by atoms with Gasteiger partial charge in [-0.1, -0.05) is 124 Å². The second kappa shape index (κ2) is 6.57. The quantitative estimate of drug-likeness (QED) is 0.393. The van der Waals surface area contributed by atoms with Crippen LogP contribution in [0.2, 0.25) is 0 Å². The molecule has 0 saturated carbocycles. The molecule has 0 amide bonds. The van der Waals surface area contributed by atoms with E-state index in [1.54, 1.807) is 5.19 Å². The van der Waals surface area contributed by atoms with Crippen molar-refractivity contribution in [1.29, 1.82) is 0 Å². The molecule has 29 heavy (non-hydrogen) atoms. The Balaban J connectivity index is 2.02. The normalized spacial score (nSPS) is 14.3. The third-order valence-corrected chi connectivity index (χ3v) is 11.2. The lowest BCUT2D eigenvalue weighted by atomic mass is 9.85. The SMILES string of the molecule is CC(C)(C)c1cccc2c1[Si](c1ccccc1)(c1ccccc1)c1ccccc1-2. The predicted octanol–water partition coefficient (Wildman–Crippen LogP) is 4.34. The van der Waals surface area contributed by atoms with Crippen LogP contribution in [0.15, 0.2) is 103 Å². The highest BCUT2D eigenvalue weighted by atomic mass is 28.3. The predicted molar refractivity (Wildman–Crippen MR) is 128 cm³/mol. The number of rotatable bonds is 2. The molecule has 1 heteroatoms. The molecule has 142 valence electrons. The van der Waals surface area contributed by atoms with Gasteiger partial charge in [0.15, 0.2) is 8.07 Å². The summed E-state index contributed by atoms with van der Waals surface area (Å²) in [5, 5.41) is 6.03. The second-order valence-electron chi connectivity index (χ2n) is 9.01. The van der Waals surface area contributed by atoms with Gasteiger partial charge in [-0.2, -0.15) is 0 Å². The standard InChI is InChI=1S/C28H26Si/c1-28(2,3)25-19-12-18-24-23-17-10-11-20-26(23)29(27(24)25,21-13-6-4-7-14-21)22-15-8-5-9-16-22/h4-20H,1-3H3. The third kappa shape index (κ3) is 2.58. The van der Waals surface area contributed by atoms with Gasteiger partial charge in [0.2, 0.25) is 0 Å². The molecule has 0 radical (unpaired) electrons. The van der Waals surface area contributed by atoms with Crippen molar-refractivity contribution in [3.8, 4) is 11.1 Å². The van der Waals surface area contributed by atoms with Crippen molar-refractivity contribution in [2.75, 3.05) is 0 Å². The molecule has 0 aromatic heterocycles. The van der Waals surface area contributed by atoms with Gasteiger partial charge in [0.1, 0.15) is 0 Å². The van der Waals surface area contributed by atoms with E-state index in [2.05, 4.69) is 124 Å². The lowest BCUT2D eigenvalue weighted by Gasteiger charge is -2.35. The fourth-order valence-electron chi connectivity index (χ4n) is 5.13. The van der Waals surface area contributed by atoms with Gasteiger partial charge in [-0.3, -0.25) is 0 Å². The Hall–Kier alpha value is -2.90. The van der Waals surface area contributed by atoms with Crippen LogP contribution in [0, 0.1) is 0 Å². The van der Waals surface area contributed by atoms with Crippen LogP contribution in [0.1, 0.15) is 26.3 Å². The van der Waals surface area contributed by atoms with Gasteiger partial charge in [-0.05, 0) is 42.9 Å². The first-order chi connectivity index (χ1) is 14.0. The van der Waals surface area contributed by atoms with Crippen LogP contribution < -0.4 is 20.7 Å². The maximum absolute atomic E-state index is 2.38. The maximum atomic E-state index is 2.38. The van der Waals surface area contributed by atoms with E-state index in [-0.39, 0.29) is 5.41 Å². The van der Waals surface area contributed by atoms with E-state index in [1.807, 2.05) is 0 Å². The number of hydrogen-bond acceptors (Lipinski definition) is 0. The van der Waals surface area contributed by atoms with Gasteiger partial charge in [-0.25, -0.2) is 0 Å². The zero-order valence-electron chi connectivity index (χ0n) is 17.3. The van der Waals surface area contributed by atoms with Crippen molar-refractivity contribution in [1.82, 2.24) is 0 Å². The number of benzene rings is 4. The van der Waals surface area contributed by atoms with Crippen LogP contribution in [-0.4, -0.2) is 8.07 Å². The van der Waals surface area contributed by atoms with Gasteiger partial charge in [0.05, 0.1) is 0 Å². The van der Waals surface area contributed by atoms with Gasteiger partial charge < -0.3 is 0 Å². The Kier molecular flexibility index (Phi) is 4.11. The minimum Gasteiger partial charge on any atom is -0.0623 e. The highest BCUT2D eigenvalue weighted by molar-refractivity contribution is 7.22. The Morgan fingerprint density at radius 3 is 1.62 bits per heavy atom. The smallest absolute Gasteiger partial charge is 0.0623 e. The van der Waals surface area contributed by atoms with Gasteiger partial charge in [0.25, 0.3) is 0 Å². The van der Waals surface area contributed by atoms with Crippen LogP contribution >= 0.6 is 0 Å². The van der Waals surface area contributed by atoms with E-state index >= 15 is 0 Å². The molecule has 0 atom stereocenters. The molecule has 0 nitrogen and oxygen atoms in total. The molecule has 1 heterocycles. The van der Waals surface area contributed by atoms with Gasteiger partial charge in [0, 0.05) is 0 Å². The van der Waals surface area contributed by atoms with E-state index in [4.69, 9.17) is 0 Å². The molecule has 0 saturated heterocycles. The van der Waals surface area contributed by atoms with Crippen LogP contribution in [0.5, 0.6) is 0 Å². The topological polar surface area (TPSA) is 0 Å². The summed E-state index contributed by atoms with van der Waals surface area (Å²) in [6, 6.07) is 38.5. The summed E-state index contributed by atoms with van der Waals surface area (Å²) < 4.78 is 0. The summed E-state index contributed by atoms with van der Waals surface area (Å²) in [5.74, 6) is 0. The first-order valence-electron chi connectivity index (χ1n) is 10.4. The lowest BCUT2D eigenvalue weighted by Crippen LogP contribution is -2.73. The largest absolute Gasteiger partial charge is 0.181 e. The van der Waals surface area contributed by atoms with Gasteiger partial charge >= 0.3 is 0 Å². The monoisotopic (exact) mass is 390 g/mol. The Morgan fingerprint density at radius 2 is 1.03 bits per heavy atom. The fraction of sp³-hybridized carbons (Fsp3) is 0.143. The maximum Gasteiger partial charge on any atom is 0.181 e. The van der Waals surface area contributed by atoms with E-state index in [0.29, 0.717) is 0 Å². The first kappa shape index (κ1) is 18.1. The third-order valence-electron chi connectivity index (χ3n) is 6.28. The van der Waals surface area contributed by atoms with E-state index in [1.165, 1.54) is 32.3 Å². The molecule has 0 unspecified atom stereocenters.